The summed E-state index contributed by atoms with van der Waals surface area (Å²) >= 11 is 6.12. The molecule has 88 valence electrons. The molecular formula is C13H18ClNO. The number of piperidine rings is 1. The zero-order valence-corrected chi connectivity index (χ0v) is 10.3. The van der Waals surface area contributed by atoms with Gasteiger partial charge in [0, 0.05) is 17.5 Å². The number of halogens is 1. The molecular weight excluding hydrogens is 222 g/mol. The third-order valence-corrected chi connectivity index (χ3v) is 3.62. The predicted molar refractivity (Wildman–Crippen MR) is 66.8 cm³/mol. The first kappa shape index (κ1) is 11.9. The second-order valence-electron chi connectivity index (χ2n) is 4.80. The lowest BCUT2D eigenvalue weighted by Crippen LogP contribution is -2.48. The maximum absolute atomic E-state index is 10.5. The molecule has 0 aliphatic carbocycles. The number of aliphatic hydroxyl groups is 1. The van der Waals surface area contributed by atoms with Gasteiger partial charge in [0.25, 0.3) is 0 Å². The predicted octanol–water partition coefficient (Wildman–Crippen LogP) is 2.39. The first-order valence-corrected chi connectivity index (χ1v) is 6.16. The summed E-state index contributed by atoms with van der Waals surface area (Å²) in [5.74, 6) is 0. The van der Waals surface area contributed by atoms with E-state index in [0.29, 0.717) is 12.5 Å². The second-order valence-corrected chi connectivity index (χ2v) is 5.21. The minimum atomic E-state index is -0.602. The fourth-order valence-electron chi connectivity index (χ4n) is 2.45. The Morgan fingerprint density at radius 2 is 2.25 bits per heavy atom. The van der Waals surface area contributed by atoms with Gasteiger partial charge in [-0.25, -0.2) is 0 Å². The van der Waals surface area contributed by atoms with Crippen LogP contribution in [0.25, 0.3) is 0 Å². The lowest BCUT2D eigenvalue weighted by Gasteiger charge is -2.36. The van der Waals surface area contributed by atoms with E-state index in [1.807, 2.05) is 24.3 Å². The Hall–Kier alpha value is -0.570. The highest BCUT2D eigenvalue weighted by atomic mass is 35.5. The van der Waals surface area contributed by atoms with E-state index in [2.05, 4.69) is 12.2 Å². The van der Waals surface area contributed by atoms with Crippen LogP contribution in [0.2, 0.25) is 5.02 Å². The molecule has 2 unspecified atom stereocenters. The number of rotatable bonds is 2. The summed E-state index contributed by atoms with van der Waals surface area (Å²) in [5.41, 5.74) is 0.441. The van der Waals surface area contributed by atoms with Crippen molar-refractivity contribution in [3.8, 4) is 0 Å². The topological polar surface area (TPSA) is 32.3 Å². The average Bonchev–Trinajstić information content (AvgIpc) is 2.21. The van der Waals surface area contributed by atoms with Crippen molar-refractivity contribution in [3.05, 3.63) is 34.9 Å². The van der Waals surface area contributed by atoms with E-state index >= 15 is 0 Å². The number of benzene rings is 1. The molecule has 1 aromatic rings. The van der Waals surface area contributed by atoms with Crippen LogP contribution in [0.15, 0.2) is 24.3 Å². The van der Waals surface area contributed by atoms with Crippen molar-refractivity contribution >= 4 is 11.6 Å². The fourth-order valence-corrected chi connectivity index (χ4v) is 2.65. The zero-order chi connectivity index (χ0) is 11.6. The molecule has 1 saturated heterocycles. The monoisotopic (exact) mass is 239 g/mol. The number of hydrogen-bond donors (Lipinski definition) is 2. The third kappa shape index (κ3) is 2.76. The van der Waals surface area contributed by atoms with Crippen LogP contribution in [-0.4, -0.2) is 23.3 Å². The van der Waals surface area contributed by atoms with Crippen LogP contribution >= 0.6 is 11.6 Å². The van der Waals surface area contributed by atoms with Crippen molar-refractivity contribution < 1.29 is 5.11 Å². The molecule has 0 radical (unpaired) electrons. The van der Waals surface area contributed by atoms with Gasteiger partial charge in [-0.05, 0) is 37.9 Å². The van der Waals surface area contributed by atoms with Crippen molar-refractivity contribution in [3.63, 3.8) is 0 Å². The van der Waals surface area contributed by atoms with Crippen LogP contribution in [0.5, 0.6) is 0 Å². The summed E-state index contributed by atoms with van der Waals surface area (Å²) in [6.45, 7) is 2.98. The van der Waals surface area contributed by atoms with Crippen LogP contribution in [0, 0.1) is 0 Å². The smallest absolute Gasteiger partial charge is 0.0715 e. The van der Waals surface area contributed by atoms with Gasteiger partial charge in [0.05, 0.1) is 5.60 Å². The van der Waals surface area contributed by atoms with Crippen LogP contribution in [0.3, 0.4) is 0 Å². The average molecular weight is 240 g/mol. The van der Waals surface area contributed by atoms with Crippen molar-refractivity contribution in [1.82, 2.24) is 5.32 Å². The number of hydrogen-bond acceptors (Lipinski definition) is 2. The Kier molecular flexibility index (Phi) is 3.53. The van der Waals surface area contributed by atoms with E-state index in [1.165, 1.54) is 0 Å². The van der Waals surface area contributed by atoms with Gasteiger partial charge in [0.2, 0.25) is 0 Å². The molecule has 1 fully saturated rings. The molecule has 2 rings (SSSR count). The Labute approximate surface area is 102 Å². The highest BCUT2D eigenvalue weighted by Gasteiger charge is 2.32. The largest absolute Gasteiger partial charge is 0.389 e. The van der Waals surface area contributed by atoms with Crippen molar-refractivity contribution in [2.45, 2.75) is 37.8 Å². The summed E-state index contributed by atoms with van der Waals surface area (Å²) < 4.78 is 0. The molecule has 0 spiro atoms. The standard InChI is InChI=1S/C13H18ClNO/c1-10-8-13(16,6-7-15-10)9-11-4-2-3-5-12(11)14/h2-5,10,15-16H,6-9H2,1H3. The Morgan fingerprint density at radius 3 is 2.94 bits per heavy atom. The van der Waals surface area contributed by atoms with Gasteiger partial charge in [-0.3, -0.25) is 0 Å². The molecule has 1 heterocycles. The van der Waals surface area contributed by atoms with Gasteiger partial charge < -0.3 is 10.4 Å². The Bertz CT molecular complexity index is 369. The molecule has 1 aromatic carbocycles. The Morgan fingerprint density at radius 1 is 1.50 bits per heavy atom. The summed E-state index contributed by atoms with van der Waals surface area (Å²) in [7, 11) is 0. The molecule has 0 saturated carbocycles. The molecule has 0 aromatic heterocycles. The lowest BCUT2D eigenvalue weighted by molar-refractivity contribution is -0.00123. The van der Waals surface area contributed by atoms with Gasteiger partial charge in [-0.15, -0.1) is 0 Å². The van der Waals surface area contributed by atoms with E-state index in [4.69, 9.17) is 11.6 Å². The maximum atomic E-state index is 10.5. The normalized spacial score (nSPS) is 30.3. The van der Waals surface area contributed by atoms with E-state index in [-0.39, 0.29) is 0 Å². The maximum Gasteiger partial charge on any atom is 0.0715 e. The minimum Gasteiger partial charge on any atom is -0.389 e. The van der Waals surface area contributed by atoms with Crippen LogP contribution in [-0.2, 0) is 6.42 Å². The van der Waals surface area contributed by atoms with E-state index in [9.17, 15) is 5.11 Å². The fraction of sp³-hybridized carbons (Fsp3) is 0.538. The third-order valence-electron chi connectivity index (χ3n) is 3.25. The van der Waals surface area contributed by atoms with Crippen LogP contribution < -0.4 is 5.32 Å². The first-order valence-electron chi connectivity index (χ1n) is 5.78. The van der Waals surface area contributed by atoms with Crippen LogP contribution in [0.1, 0.15) is 25.3 Å². The van der Waals surface area contributed by atoms with Crippen molar-refractivity contribution in [1.29, 1.82) is 0 Å². The summed E-state index contributed by atoms with van der Waals surface area (Å²) in [6.07, 6.45) is 2.24. The first-order chi connectivity index (χ1) is 7.59. The summed E-state index contributed by atoms with van der Waals surface area (Å²) in [5, 5.41) is 14.6. The van der Waals surface area contributed by atoms with Crippen molar-refractivity contribution in [2.75, 3.05) is 6.54 Å². The molecule has 1 aliphatic heterocycles. The number of nitrogens with one attached hydrogen (secondary N) is 1. The molecule has 16 heavy (non-hydrogen) atoms. The quantitative estimate of drug-likeness (QED) is 0.831. The highest BCUT2D eigenvalue weighted by Crippen LogP contribution is 2.28. The SMILES string of the molecule is CC1CC(O)(Cc2ccccc2Cl)CCN1. The van der Waals surface area contributed by atoms with Gasteiger partial charge in [-0.1, -0.05) is 29.8 Å². The van der Waals surface area contributed by atoms with Gasteiger partial charge in [-0.2, -0.15) is 0 Å². The van der Waals surface area contributed by atoms with E-state index in [1.54, 1.807) is 0 Å². The van der Waals surface area contributed by atoms with Gasteiger partial charge in [0.15, 0.2) is 0 Å². The molecule has 2 nitrogen and oxygen atoms in total. The molecule has 1 aliphatic rings. The van der Waals surface area contributed by atoms with Gasteiger partial charge >= 0.3 is 0 Å². The molecule has 3 heteroatoms. The molecule has 0 bridgehead atoms. The second kappa shape index (κ2) is 4.74. The van der Waals surface area contributed by atoms with Crippen LogP contribution in [0.4, 0.5) is 0 Å². The highest BCUT2D eigenvalue weighted by molar-refractivity contribution is 6.31. The van der Waals surface area contributed by atoms with Gasteiger partial charge in [0.1, 0.15) is 0 Å². The summed E-state index contributed by atoms with van der Waals surface area (Å²) in [6, 6.07) is 8.13. The minimum absolute atomic E-state index is 0.376. The Balaban J connectivity index is 2.11. The molecule has 2 atom stereocenters. The zero-order valence-electron chi connectivity index (χ0n) is 9.54. The lowest BCUT2D eigenvalue weighted by atomic mass is 9.83. The molecule has 2 N–H and O–H groups in total. The summed E-state index contributed by atoms with van der Waals surface area (Å²) in [4.78, 5) is 0. The molecule has 0 amide bonds. The van der Waals surface area contributed by atoms with Crippen molar-refractivity contribution in [2.24, 2.45) is 0 Å². The van der Waals surface area contributed by atoms with E-state index < -0.39 is 5.60 Å². The van der Waals surface area contributed by atoms with E-state index in [0.717, 1.165) is 30.0 Å².